The molecule has 0 spiro atoms. The minimum Gasteiger partial charge on any atom is -0.385 e. The molecule has 0 saturated carbocycles. The summed E-state index contributed by atoms with van der Waals surface area (Å²) in [5, 5.41) is 5.51. The summed E-state index contributed by atoms with van der Waals surface area (Å²) in [6, 6.07) is 2.14. The quantitative estimate of drug-likeness (QED) is 0.366. The molecule has 2 aliphatic rings. The Morgan fingerprint density at radius 3 is 2.87 bits per heavy atom. The standard InChI is InChI=1S/C22H36N4O3S/c1-3-23-22(25-11-6-19(7-12-25)29-15-4-14-28-2)24-10-5-21(27)26-13-8-20-18(17-26)9-16-30-20/h9,16,19H,3-8,10-15,17H2,1-2H3,(H,23,24). The molecule has 3 rings (SSSR count). The van der Waals surface area contributed by atoms with Gasteiger partial charge in [0.1, 0.15) is 0 Å². The highest BCUT2D eigenvalue weighted by Crippen LogP contribution is 2.24. The Morgan fingerprint density at radius 2 is 2.10 bits per heavy atom. The largest absolute Gasteiger partial charge is 0.385 e. The number of fused-ring (bicyclic) bond motifs is 1. The summed E-state index contributed by atoms with van der Waals surface area (Å²) in [5.41, 5.74) is 1.31. The number of aliphatic imine (C=N–C) groups is 1. The van der Waals surface area contributed by atoms with Crippen molar-refractivity contribution in [1.29, 1.82) is 0 Å². The minimum absolute atomic E-state index is 0.203. The third kappa shape index (κ3) is 6.68. The van der Waals surface area contributed by atoms with Gasteiger partial charge in [-0.25, -0.2) is 0 Å². The maximum atomic E-state index is 12.6. The lowest BCUT2D eigenvalue weighted by Crippen LogP contribution is -2.47. The first kappa shape index (κ1) is 23.0. The second-order valence-corrected chi connectivity index (χ2v) is 8.82. The predicted molar refractivity (Wildman–Crippen MR) is 121 cm³/mol. The average molecular weight is 437 g/mol. The maximum Gasteiger partial charge on any atom is 0.224 e. The lowest BCUT2D eigenvalue weighted by molar-refractivity contribution is -0.131. The molecule has 1 aromatic rings. The van der Waals surface area contributed by atoms with Crippen molar-refractivity contribution in [3.05, 3.63) is 21.9 Å². The molecule has 0 atom stereocenters. The monoisotopic (exact) mass is 436 g/mol. The molecule has 0 unspecified atom stereocenters. The van der Waals surface area contributed by atoms with Gasteiger partial charge in [0.25, 0.3) is 0 Å². The summed E-state index contributed by atoms with van der Waals surface area (Å²) in [4.78, 5) is 23.1. The van der Waals surface area contributed by atoms with Crippen molar-refractivity contribution in [3.8, 4) is 0 Å². The van der Waals surface area contributed by atoms with Crippen LogP contribution in [0.5, 0.6) is 0 Å². The fourth-order valence-electron chi connectivity index (χ4n) is 3.99. The summed E-state index contributed by atoms with van der Waals surface area (Å²) in [6.07, 6.45) is 4.73. The number of rotatable bonds is 9. The van der Waals surface area contributed by atoms with Gasteiger partial charge in [-0.1, -0.05) is 0 Å². The van der Waals surface area contributed by atoms with Crippen LogP contribution < -0.4 is 5.32 Å². The zero-order valence-electron chi connectivity index (χ0n) is 18.4. The fraction of sp³-hybridized carbons (Fsp3) is 0.727. The Hall–Kier alpha value is -1.64. The Bertz CT molecular complexity index is 686. The normalized spacial score (nSPS) is 17.9. The molecule has 1 saturated heterocycles. The number of hydrogen-bond acceptors (Lipinski definition) is 5. The Labute approximate surface area is 184 Å². The molecule has 2 aliphatic heterocycles. The van der Waals surface area contributed by atoms with Gasteiger partial charge in [-0.15, -0.1) is 11.3 Å². The predicted octanol–water partition coefficient (Wildman–Crippen LogP) is 2.51. The first-order valence-corrected chi connectivity index (χ1v) is 12.1. The van der Waals surface area contributed by atoms with E-state index in [1.165, 1.54) is 10.4 Å². The zero-order chi connectivity index (χ0) is 21.2. The molecule has 7 nitrogen and oxygen atoms in total. The summed E-state index contributed by atoms with van der Waals surface area (Å²) in [7, 11) is 1.72. The van der Waals surface area contributed by atoms with Gasteiger partial charge in [-0.3, -0.25) is 9.79 Å². The van der Waals surface area contributed by atoms with E-state index in [1.807, 2.05) is 4.90 Å². The smallest absolute Gasteiger partial charge is 0.224 e. The lowest BCUT2D eigenvalue weighted by Gasteiger charge is -2.34. The Balaban J connectivity index is 1.42. The van der Waals surface area contributed by atoms with E-state index in [1.54, 1.807) is 18.4 Å². The average Bonchev–Trinajstić information content (AvgIpc) is 3.24. The van der Waals surface area contributed by atoms with Crippen LogP contribution in [0.25, 0.3) is 0 Å². The van der Waals surface area contributed by atoms with Crippen molar-refractivity contribution >= 4 is 23.2 Å². The molecule has 8 heteroatoms. The molecule has 30 heavy (non-hydrogen) atoms. The number of hydrogen-bond donors (Lipinski definition) is 1. The van der Waals surface area contributed by atoms with Gasteiger partial charge in [-0.2, -0.15) is 0 Å². The third-order valence-corrected chi connectivity index (χ3v) is 6.69. The van der Waals surface area contributed by atoms with Crippen LogP contribution in [0, 0.1) is 0 Å². The van der Waals surface area contributed by atoms with Crippen LogP contribution in [0.4, 0.5) is 0 Å². The van der Waals surface area contributed by atoms with Crippen molar-refractivity contribution in [3.63, 3.8) is 0 Å². The minimum atomic E-state index is 0.203. The second-order valence-electron chi connectivity index (χ2n) is 7.82. The first-order chi connectivity index (χ1) is 14.7. The molecular weight excluding hydrogens is 400 g/mol. The SMILES string of the molecule is CCNC(=NCCC(=O)N1CCc2sccc2C1)N1CCC(OCCCOC)CC1. The van der Waals surface area contributed by atoms with Crippen LogP contribution in [-0.2, 0) is 27.2 Å². The molecule has 1 amide bonds. The van der Waals surface area contributed by atoms with Crippen LogP contribution >= 0.6 is 11.3 Å². The number of carbonyl (C=O) groups excluding carboxylic acids is 1. The molecule has 1 fully saturated rings. The number of thiophene rings is 1. The van der Waals surface area contributed by atoms with Crippen molar-refractivity contribution in [1.82, 2.24) is 15.1 Å². The molecule has 1 N–H and O–H groups in total. The Kier molecular flexibility index (Phi) is 9.42. The van der Waals surface area contributed by atoms with Crippen LogP contribution in [0.3, 0.4) is 0 Å². The molecule has 0 radical (unpaired) electrons. The number of nitrogens with zero attached hydrogens (tertiary/aromatic N) is 3. The molecule has 1 aromatic heterocycles. The van der Waals surface area contributed by atoms with Crippen LogP contribution in [-0.4, -0.2) is 80.8 Å². The number of guanidine groups is 1. The lowest BCUT2D eigenvalue weighted by atomic mass is 10.1. The van der Waals surface area contributed by atoms with Crippen LogP contribution in [0.2, 0.25) is 0 Å². The number of ether oxygens (including phenoxy) is 2. The number of nitrogens with one attached hydrogen (secondary N) is 1. The molecule has 168 valence electrons. The van der Waals surface area contributed by atoms with E-state index in [9.17, 15) is 4.79 Å². The highest BCUT2D eigenvalue weighted by Gasteiger charge is 2.23. The maximum absolute atomic E-state index is 12.6. The molecule has 0 aliphatic carbocycles. The highest BCUT2D eigenvalue weighted by atomic mass is 32.1. The summed E-state index contributed by atoms with van der Waals surface area (Å²) in [5.74, 6) is 1.12. The van der Waals surface area contributed by atoms with Gasteiger partial charge in [0.05, 0.1) is 12.6 Å². The van der Waals surface area contributed by atoms with Gasteiger partial charge >= 0.3 is 0 Å². The van der Waals surface area contributed by atoms with E-state index in [-0.39, 0.29) is 5.91 Å². The molecule has 0 aromatic carbocycles. The van der Waals surface area contributed by atoms with E-state index in [2.05, 4.69) is 28.6 Å². The number of likely N-dealkylation sites (tertiary alicyclic amines) is 1. The molecular formula is C22H36N4O3S. The second kappa shape index (κ2) is 12.3. The number of piperidine rings is 1. The van der Waals surface area contributed by atoms with Crippen molar-refractivity contribution < 1.29 is 14.3 Å². The number of carbonyl (C=O) groups is 1. The third-order valence-electron chi connectivity index (χ3n) is 5.67. The highest BCUT2D eigenvalue weighted by molar-refractivity contribution is 7.10. The zero-order valence-corrected chi connectivity index (χ0v) is 19.2. The summed E-state index contributed by atoms with van der Waals surface area (Å²) in [6.45, 7) is 8.39. The fourth-order valence-corrected chi connectivity index (χ4v) is 4.88. The van der Waals surface area contributed by atoms with Gasteiger partial charge in [0.2, 0.25) is 5.91 Å². The van der Waals surface area contributed by atoms with E-state index >= 15 is 0 Å². The number of methoxy groups -OCH3 is 1. The van der Waals surface area contributed by atoms with Crippen molar-refractivity contribution in [2.75, 3.05) is 53.0 Å². The van der Waals surface area contributed by atoms with Gasteiger partial charge < -0.3 is 24.6 Å². The van der Waals surface area contributed by atoms with Gasteiger partial charge in [0, 0.05) is 64.3 Å². The first-order valence-electron chi connectivity index (χ1n) is 11.2. The molecule has 3 heterocycles. The van der Waals surface area contributed by atoms with E-state index < -0.39 is 0 Å². The summed E-state index contributed by atoms with van der Waals surface area (Å²) >= 11 is 1.80. The van der Waals surface area contributed by atoms with Gasteiger partial charge in [0.15, 0.2) is 5.96 Å². The van der Waals surface area contributed by atoms with Crippen LogP contribution in [0.15, 0.2) is 16.4 Å². The van der Waals surface area contributed by atoms with Crippen molar-refractivity contribution in [2.45, 2.75) is 51.7 Å². The molecule has 0 bridgehead atoms. The van der Waals surface area contributed by atoms with E-state index in [0.717, 1.165) is 77.6 Å². The van der Waals surface area contributed by atoms with E-state index in [4.69, 9.17) is 14.5 Å². The topological polar surface area (TPSA) is 66.4 Å². The van der Waals surface area contributed by atoms with Crippen LogP contribution in [0.1, 0.15) is 43.0 Å². The number of amides is 1. The van der Waals surface area contributed by atoms with Crippen molar-refractivity contribution in [2.24, 2.45) is 4.99 Å². The van der Waals surface area contributed by atoms with Gasteiger partial charge in [-0.05, 0) is 49.6 Å². The summed E-state index contributed by atoms with van der Waals surface area (Å²) < 4.78 is 11.0. The van der Waals surface area contributed by atoms with E-state index in [0.29, 0.717) is 19.1 Å². The Morgan fingerprint density at radius 1 is 1.27 bits per heavy atom.